The Bertz CT molecular complexity index is 715. The highest BCUT2D eigenvalue weighted by Crippen LogP contribution is 2.35. The van der Waals surface area contributed by atoms with E-state index in [9.17, 15) is 4.79 Å². The van der Waals surface area contributed by atoms with Crippen LogP contribution in [0.3, 0.4) is 0 Å². The average Bonchev–Trinajstić information content (AvgIpc) is 3.05. The van der Waals surface area contributed by atoms with Gasteiger partial charge in [-0.2, -0.15) is 4.68 Å². The van der Waals surface area contributed by atoms with Crippen LogP contribution < -0.4 is 5.32 Å². The van der Waals surface area contributed by atoms with Crippen molar-refractivity contribution in [1.82, 2.24) is 20.2 Å². The van der Waals surface area contributed by atoms with Gasteiger partial charge in [0.15, 0.2) is 0 Å². The number of anilines is 1. The minimum Gasteiger partial charge on any atom is -0.464 e. The highest BCUT2D eigenvalue weighted by atomic mass is 16.5. The third kappa shape index (κ3) is 2.18. The first-order valence-electron chi connectivity index (χ1n) is 6.61. The van der Waals surface area contributed by atoms with E-state index in [-0.39, 0.29) is 0 Å². The molecule has 1 aliphatic rings. The normalized spacial score (nSPS) is 17.4. The van der Waals surface area contributed by atoms with Crippen molar-refractivity contribution in [3.8, 4) is 0 Å². The molecule has 0 spiro atoms. The van der Waals surface area contributed by atoms with Crippen molar-refractivity contribution in [2.75, 3.05) is 11.9 Å². The molecule has 0 radical (unpaired) electrons. The van der Waals surface area contributed by atoms with Gasteiger partial charge < -0.3 is 14.5 Å². The van der Waals surface area contributed by atoms with E-state index < -0.39 is 12.0 Å². The van der Waals surface area contributed by atoms with Gasteiger partial charge in [-0.15, -0.1) is 0 Å². The maximum absolute atomic E-state index is 12.3. The largest absolute Gasteiger partial charge is 0.464 e. The summed E-state index contributed by atoms with van der Waals surface area (Å²) in [5.41, 5.74) is 1.08. The lowest BCUT2D eigenvalue weighted by Crippen LogP contribution is -2.29. The van der Waals surface area contributed by atoms with E-state index >= 15 is 0 Å². The van der Waals surface area contributed by atoms with Crippen LogP contribution in [0.1, 0.15) is 31.4 Å². The summed E-state index contributed by atoms with van der Waals surface area (Å²) in [4.78, 5) is 12.3. The molecule has 0 saturated heterocycles. The number of carbonyl (C=O) groups is 1. The number of aromatic nitrogens is 4. The van der Waals surface area contributed by atoms with Crippen LogP contribution in [-0.2, 0) is 9.53 Å². The van der Waals surface area contributed by atoms with Crippen molar-refractivity contribution < 1.29 is 13.9 Å². The summed E-state index contributed by atoms with van der Waals surface area (Å²) in [6.07, 6.45) is 0. The van der Waals surface area contributed by atoms with Gasteiger partial charge in [-0.3, -0.25) is 0 Å². The third-order valence-electron chi connectivity index (χ3n) is 3.24. The van der Waals surface area contributed by atoms with E-state index in [4.69, 9.17) is 9.15 Å². The Morgan fingerprint density at radius 3 is 2.95 bits per heavy atom. The molecule has 8 heteroatoms. The van der Waals surface area contributed by atoms with Crippen LogP contribution in [0.5, 0.6) is 0 Å². The number of aryl methyl sites for hydroxylation is 1. The summed E-state index contributed by atoms with van der Waals surface area (Å²) in [7, 11) is 0. The summed E-state index contributed by atoms with van der Waals surface area (Å²) in [6.45, 7) is 5.68. The van der Waals surface area contributed by atoms with Crippen LogP contribution in [0.2, 0.25) is 0 Å². The molecule has 1 aliphatic heterocycles. The summed E-state index contributed by atoms with van der Waals surface area (Å²) >= 11 is 0. The van der Waals surface area contributed by atoms with Gasteiger partial charge in [-0.1, -0.05) is 5.10 Å². The van der Waals surface area contributed by atoms with Gasteiger partial charge in [0.05, 0.1) is 12.2 Å². The van der Waals surface area contributed by atoms with E-state index in [2.05, 4.69) is 20.8 Å². The molecular formula is C13H15N5O3. The lowest BCUT2D eigenvalue weighted by Gasteiger charge is -2.25. The number of nitrogens with one attached hydrogen (secondary N) is 1. The quantitative estimate of drug-likeness (QED) is 0.854. The van der Waals surface area contributed by atoms with Crippen LogP contribution in [0.25, 0.3) is 0 Å². The molecule has 1 atom stereocenters. The molecule has 1 unspecified atom stereocenters. The summed E-state index contributed by atoms with van der Waals surface area (Å²) in [5.74, 6) is 1.38. The molecule has 0 fully saturated rings. The Morgan fingerprint density at radius 1 is 1.48 bits per heavy atom. The standard InChI is InChI=1S/C13H15N5O3/c1-4-20-12(19)10-8(3)14-13-15-16-17-18(13)11(10)9-6-5-7(2)21-9/h5-6,11H,4H2,1-3H3,(H,14,15,17). The Kier molecular flexibility index (Phi) is 3.20. The van der Waals surface area contributed by atoms with Crippen LogP contribution in [0, 0.1) is 6.92 Å². The maximum Gasteiger partial charge on any atom is 0.338 e. The molecule has 0 aliphatic carbocycles. The summed E-state index contributed by atoms with van der Waals surface area (Å²) < 4.78 is 12.3. The third-order valence-corrected chi connectivity index (χ3v) is 3.24. The Labute approximate surface area is 120 Å². The molecule has 21 heavy (non-hydrogen) atoms. The number of tetrazole rings is 1. The van der Waals surface area contributed by atoms with Crippen molar-refractivity contribution >= 4 is 11.9 Å². The topological polar surface area (TPSA) is 95.1 Å². The van der Waals surface area contributed by atoms with E-state index in [1.165, 1.54) is 4.68 Å². The molecule has 0 saturated carbocycles. The second kappa shape index (κ2) is 5.04. The molecule has 0 aromatic carbocycles. The number of allylic oxidation sites excluding steroid dienone is 1. The van der Waals surface area contributed by atoms with Gasteiger partial charge in [-0.05, 0) is 43.3 Å². The second-order valence-electron chi connectivity index (χ2n) is 4.68. The monoisotopic (exact) mass is 289 g/mol. The van der Waals surface area contributed by atoms with Crippen molar-refractivity contribution in [3.63, 3.8) is 0 Å². The maximum atomic E-state index is 12.3. The number of furan rings is 1. The number of ether oxygens (including phenoxy) is 1. The molecule has 2 aromatic heterocycles. The van der Waals surface area contributed by atoms with Crippen molar-refractivity contribution in [2.24, 2.45) is 0 Å². The SMILES string of the molecule is CCOC(=O)C1=C(C)Nc2nnnn2C1c1ccc(C)o1. The fourth-order valence-electron chi connectivity index (χ4n) is 2.35. The Hall–Kier alpha value is -2.64. The van der Waals surface area contributed by atoms with Crippen LogP contribution in [0.4, 0.5) is 5.95 Å². The predicted octanol–water partition coefficient (Wildman–Crippen LogP) is 1.43. The molecule has 3 heterocycles. The number of fused-ring (bicyclic) bond motifs is 1. The van der Waals surface area contributed by atoms with Gasteiger partial charge in [0.2, 0.25) is 5.95 Å². The number of nitrogens with zero attached hydrogens (tertiary/aromatic N) is 4. The zero-order valence-corrected chi connectivity index (χ0v) is 12.0. The minimum atomic E-state index is -0.538. The minimum absolute atomic E-state index is 0.294. The van der Waals surface area contributed by atoms with Crippen molar-refractivity contribution in [2.45, 2.75) is 26.8 Å². The van der Waals surface area contributed by atoms with E-state index in [0.717, 1.165) is 5.76 Å². The van der Waals surface area contributed by atoms with Gasteiger partial charge in [0.1, 0.15) is 17.6 Å². The number of hydrogen-bond acceptors (Lipinski definition) is 7. The molecule has 2 aromatic rings. The predicted molar refractivity (Wildman–Crippen MR) is 72.4 cm³/mol. The smallest absolute Gasteiger partial charge is 0.338 e. The zero-order chi connectivity index (χ0) is 15.0. The first kappa shape index (κ1) is 13.3. The lowest BCUT2D eigenvalue weighted by molar-refractivity contribution is -0.139. The van der Waals surface area contributed by atoms with E-state index in [1.807, 2.05) is 19.1 Å². The molecule has 0 bridgehead atoms. The Balaban J connectivity index is 2.13. The van der Waals surface area contributed by atoms with Gasteiger partial charge in [0.25, 0.3) is 0 Å². The highest BCUT2D eigenvalue weighted by molar-refractivity contribution is 5.92. The van der Waals surface area contributed by atoms with Crippen molar-refractivity contribution in [1.29, 1.82) is 0 Å². The molecule has 3 rings (SSSR count). The first-order valence-corrected chi connectivity index (χ1v) is 6.61. The lowest BCUT2D eigenvalue weighted by atomic mass is 10.0. The number of hydrogen-bond donors (Lipinski definition) is 1. The van der Waals surface area contributed by atoms with Gasteiger partial charge >= 0.3 is 5.97 Å². The fourth-order valence-corrected chi connectivity index (χ4v) is 2.35. The number of esters is 1. The molecule has 0 amide bonds. The Morgan fingerprint density at radius 2 is 2.29 bits per heavy atom. The number of carbonyl (C=O) groups excluding carboxylic acids is 1. The van der Waals surface area contributed by atoms with Gasteiger partial charge in [0, 0.05) is 5.70 Å². The van der Waals surface area contributed by atoms with Crippen LogP contribution in [-0.4, -0.2) is 32.8 Å². The van der Waals surface area contributed by atoms with Crippen molar-refractivity contribution in [3.05, 3.63) is 34.9 Å². The first-order chi connectivity index (χ1) is 10.1. The summed E-state index contributed by atoms with van der Waals surface area (Å²) in [6, 6.07) is 3.10. The average molecular weight is 289 g/mol. The van der Waals surface area contributed by atoms with Crippen LogP contribution in [0.15, 0.2) is 27.8 Å². The van der Waals surface area contributed by atoms with E-state index in [1.54, 1.807) is 13.8 Å². The highest BCUT2D eigenvalue weighted by Gasteiger charge is 2.36. The number of rotatable bonds is 3. The molecular weight excluding hydrogens is 274 g/mol. The zero-order valence-electron chi connectivity index (χ0n) is 12.0. The molecule has 8 nitrogen and oxygen atoms in total. The van der Waals surface area contributed by atoms with Gasteiger partial charge in [-0.25, -0.2) is 4.79 Å². The molecule has 110 valence electrons. The fraction of sp³-hybridized carbons (Fsp3) is 0.385. The molecule has 1 N–H and O–H groups in total. The van der Waals surface area contributed by atoms with E-state index in [0.29, 0.717) is 29.6 Å². The summed E-state index contributed by atoms with van der Waals surface area (Å²) in [5, 5.41) is 14.5. The van der Waals surface area contributed by atoms with Crippen LogP contribution >= 0.6 is 0 Å². The second-order valence-corrected chi connectivity index (χ2v) is 4.68.